The molecule has 1 unspecified atom stereocenters. The van der Waals surface area contributed by atoms with Gasteiger partial charge in [0.2, 0.25) is 0 Å². The second-order valence-electron chi connectivity index (χ2n) is 6.65. The van der Waals surface area contributed by atoms with Crippen LogP contribution in [0, 0.1) is 5.82 Å². The van der Waals surface area contributed by atoms with Crippen molar-refractivity contribution in [1.29, 1.82) is 0 Å². The van der Waals surface area contributed by atoms with Crippen LogP contribution in [0.1, 0.15) is 36.6 Å². The molecule has 2 nitrogen and oxygen atoms in total. The van der Waals surface area contributed by atoms with E-state index in [4.69, 9.17) is 23.2 Å². The normalized spacial score (nSPS) is 18.8. The maximum atomic E-state index is 13.5. The third-order valence-electron chi connectivity index (χ3n) is 4.98. The van der Waals surface area contributed by atoms with E-state index in [1.165, 1.54) is 18.9 Å². The summed E-state index contributed by atoms with van der Waals surface area (Å²) in [5.74, 6) is -0.204. The number of halogens is 3. The molecule has 1 N–H and O–H groups in total. The van der Waals surface area contributed by atoms with E-state index in [1.54, 1.807) is 12.1 Å². The van der Waals surface area contributed by atoms with Gasteiger partial charge in [-0.3, -0.25) is 4.90 Å². The van der Waals surface area contributed by atoms with Crippen LogP contribution < -0.4 is 0 Å². The van der Waals surface area contributed by atoms with E-state index >= 15 is 0 Å². The molecule has 1 fully saturated rings. The first-order chi connectivity index (χ1) is 12.1. The molecule has 0 aliphatic carbocycles. The van der Waals surface area contributed by atoms with Crippen LogP contribution in [-0.4, -0.2) is 16.4 Å². The van der Waals surface area contributed by atoms with Crippen molar-refractivity contribution in [3.63, 3.8) is 0 Å². The van der Waals surface area contributed by atoms with Crippen LogP contribution in [0.3, 0.4) is 0 Å². The van der Waals surface area contributed by atoms with E-state index in [-0.39, 0.29) is 11.9 Å². The highest BCUT2D eigenvalue weighted by Crippen LogP contribution is 2.35. The predicted octanol–water partition coefficient (Wildman–Crippen LogP) is 6.34. The number of aromatic nitrogens is 1. The summed E-state index contributed by atoms with van der Waals surface area (Å²) in [6.07, 6.45) is 3.44. The Kier molecular flexibility index (Phi) is 4.72. The van der Waals surface area contributed by atoms with Gasteiger partial charge in [0.15, 0.2) is 0 Å². The Bertz CT molecular complexity index is 906. The van der Waals surface area contributed by atoms with Gasteiger partial charge in [-0.1, -0.05) is 41.8 Å². The number of hydrogen-bond acceptors (Lipinski definition) is 1. The zero-order chi connectivity index (χ0) is 17.4. The van der Waals surface area contributed by atoms with E-state index in [2.05, 4.69) is 16.0 Å². The lowest BCUT2D eigenvalue weighted by molar-refractivity contribution is 0.138. The maximum Gasteiger partial charge on any atom is 0.123 e. The van der Waals surface area contributed by atoms with Crippen LogP contribution in [0.15, 0.2) is 42.5 Å². The number of hydrogen-bond donors (Lipinski definition) is 1. The van der Waals surface area contributed by atoms with E-state index in [9.17, 15) is 4.39 Å². The summed E-state index contributed by atoms with van der Waals surface area (Å²) in [5.41, 5.74) is 3.16. The van der Waals surface area contributed by atoms with Crippen LogP contribution in [0.25, 0.3) is 10.9 Å². The van der Waals surface area contributed by atoms with Gasteiger partial charge in [-0.25, -0.2) is 4.39 Å². The lowest BCUT2D eigenvalue weighted by Crippen LogP contribution is -2.33. The molecule has 1 saturated heterocycles. The molecule has 0 radical (unpaired) electrons. The fourth-order valence-electron chi connectivity index (χ4n) is 3.73. The second kappa shape index (κ2) is 6.99. The molecule has 4 rings (SSSR count). The van der Waals surface area contributed by atoms with Gasteiger partial charge in [-0.15, -0.1) is 0 Å². The highest BCUT2D eigenvalue weighted by Gasteiger charge is 2.26. The molecule has 1 aliphatic rings. The monoisotopic (exact) mass is 376 g/mol. The van der Waals surface area contributed by atoms with E-state index in [0.29, 0.717) is 10.0 Å². The molecule has 2 heterocycles. The van der Waals surface area contributed by atoms with E-state index in [0.717, 1.165) is 41.7 Å². The summed E-state index contributed by atoms with van der Waals surface area (Å²) < 4.78 is 13.5. The Balaban J connectivity index is 1.65. The van der Waals surface area contributed by atoms with Crippen molar-refractivity contribution in [3.05, 3.63) is 69.6 Å². The lowest BCUT2D eigenvalue weighted by Gasteiger charge is -2.35. The minimum atomic E-state index is -0.204. The summed E-state index contributed by atoms with van der Waals surface area (Å²) in [6.45, 7) is 1.77. The fraction of sp³-hybridized carbons (Fsp3) is 0.300. The number of fused-ring (bicyclic) bond motifs is 1. The molecular formula is C20H19Cl2FN2. The third kappa shape index (κ3) is 3.41. The summed E-state index contributed by atoms with van der Waals surface area (Å²) in [4.78, 5) is 5.90. The SMILES string of the molecule is Fc1ccc2[nH]c(C3CCCCN3Cc3cccc(Cl)c3Cl)cc2c1. The van der Waals surface area contributed by atoms with Gasteiger partial charge in [-0.05, 0) is 55.3 Å². The first-order valence-corrected chi connectivity index (χ1v) is 9.32. The largest absolute Gasteiger partial charge is 0.357 e. The summed E-state index contributed by atoms with van der Waals surface area (Å²) in [5, 5.41) is 2.14. The van der Waals surface area contributed by atoms with Crippen molar-refractivity contribution in [2.75, 3.05) is 6.54 Å². The van der Waals surface area contributed by atoms with Gasteiger partial charge in [0, 0.05) is 23.1 Å². The van der Waals surface area contributed by atoms with Gasteiger partial charge < -0.3 is 4.98 Å². The molecule has 0 amide bonds. The maximum absolute atomic E-state index is 13.5. The number of aromatic amines is 1. The molecule has 130 valence electrons. The number of nitrogens with one attached hydrogen (secondary N) is 1. The van der Waals surface area contributed by atoms with Crippen molar-refractivity contribution in [1.82, 2.24) is 9.88 Å². The Morgan fingerprint density at radius 2 is 2.00 bits per heavy atom. The van der Waals surface area contributed by atoms with Gasteiger partial charge >= 0.3 is 0 Å². The predicted molar refractivity (Wildman–Crippen MR) is 102 cm³/mol. The topological polar surface area (TPSA) is 19.0 Å². The first kappa shape index (κ1) is 16.9. The molecule has 1 aromatic heterocycles. The number of nitrogens with zero attached hydrogens (tertiary/aromatic N) is 1. The molecule has 0 bridgehead atoms. The Morgan fingerprint density at radius 3 is 2.88 bits per heavy atom. The zero-order valence-electron chi connectivity index (χ0n) is 13.7. The van der Waals surface area contributed by atoms with Crippen molar-refractivity contribution < 1.29 is 4.39 Å². The lowest BCUT2D eigenvalue weighted by atomic mass is 9.98. The van der Waals surface area contributed by atoms with Crippen LogP contribution in [0.5, 0.6) is 0 Å². The molecule has 2 aromatic carbocycles. The van der Waals surface area contributed by atoms with Gasteiger partial charge in [0.25, 0.3) is 0 Å². The number of likely N-dealkylation sites (tertiary alicyclic amines) is 1. The molecule has 0 spiro atoms. The molecule has 3 aromatic rings. The third-order valence-corrected chi connectivity index (χ3v) is 5.84. The average molecular weight is 377 g/mol. The molecule has 25 heavy (non-hydrogen) atoms. The molecule has 5 heteroatoms. The number of rotatable bonds is 3. The fourth-order valence-corrected chi connectivity index (χ4v) is 4.11. The van der Waals surface area contributed by atoms with Crippen LogP contribution >= 0.6 is 23.2 Å². The zero-order valence-corrected chi connectivity index (χ0v) is 15.2. The quantitative estimate of drug-likeness (QED) is 0.564. The molecule has 1 aliphatic heterocycles. The molecular weight excluding hydrogens is 358 g/mol. The summed E-state index contributed by atoms with van der Waals surface area (Å²) in [6, 6.07) is 13.0. The molecule has 1 atom stereocenters. The first-order valence-electron chi connectivity index (χ1n) is 8.57. The van der Waals surface area contributed by atoms with Crippen molar-refractivity contribution in [3.8, 4) is 0 Å². The van der Waals surface area contributed by atoms with Crippen LogP contribution in [-0.2, 0) is 6.54 Å². The standard InChI is InChI=1S/C20H19Cl2FN2/c21-16-5-3-4-13(20(16)22)12-25-9-2-1-6-19(25)18-11-14-10-15(23)7-8-17(14)24-18/h3-5,7-8,10-11,19,24H,1-2,6,9,12H2. The van der Waals surface area contributed by atoms with Gasteiger partial charge in [0.05, 0.1) is 16.1 Å². The van der Waals surface area contributed by atoms with Gasteiger partial charge in [0.1, 0.15) is 5.82 Å². The summed E-state index contributed by atoms with van der Waals surface area (Å²) in [7, 11) is 0. The molecule has 0 saturated carbocycles. The Labute approximate surface area is 156 Å². The Hall–Kier alpha value is -1.55. The number of benzene rings is 2. The van der Waals surface area contributed by atoms with Crippen LogP contribution in [0.4, 0.5) is 4.39 Å². The minimum Gasteiger partial charge on any atom is -0.357 e. The number of piperidine rings is 1. The van der Waals surface area contributed by atoms with Crippen LogP contribution in [0.2, 0.25) is 10.0 Å². The van der Waals surface area contributed by atoms with E-state index < -0.39 is 0 Å². The smallest absolute Gasteiger partial charge is 0.123 e. The summed E-state index contributed by atoms with van der Waals surface area (Å²) >= 11 is 12.5. The van der Waals surface area contributed by atoms with Crippen molar-refractivity contribution in [2.24, 2.45) is 0 Å². The Morgan fingerprint density at radius 1 is 1.12 bits per heavy atom. The van der Waals surface area contributed by atoms with Gasteiger partial charge in [-0.2, -0.15) is 0 Å². The van der Waals surface area contributed by atoms with E-state index in [1.807, 2.05) is 18.2 Å². The minimum absolute atomic E-state index is 0.204. The second-order valence-corrected chi connectivity index (χ2v) is 7.44. The van der Waals surface area contributed by atoms with Crippen molar-refractivity contribution in [2.45, 2.75) is 31.8 Å². The highest BCUT2D eigenvalue weighted by molar-refractivity contribution is 6.42. The average Bonchev–Trinajstić information content (AvgIpc) is 3.02. The van der Waals surface area contributed by atoms with Crippen molar-refractivity contribution >= 4 is 34.1 Å². The number of H-pyrrole nitrogens is 1. The highest BCUT2D eigenvalue weighted by atomic mass is 35.5.